The number of methoxy groups -OCH3 is 1. The molecule has 0 fully saturated rings. The maximum atomic E-state index is 5.41. The van der Waals surface area contributed by atoms with Gasteiger partial charge in [0.1, 0.15) is 5.75 Å². The number of aryl methyl sites for hydroxylation is 1. The van der Waals surface area contributed by atoms with E-state index in [1.165, 1.54) is 5.56 Å². The van der Waals surface area contributed by atoms with Crippen LogP contribution in [0.2, 0.25) is 0 Å². The Labute approximate surface area is 106 Å². The predicted octanol–water partition coefficient (Wildman–Crippen LogP) is 4.25. The molecule has 0 aliphatic carbocycles. The lowest BCUT2D eigenvalue weighted by molar-refractivity contribution is 0.416. The van der Waals surface area contributed by atoms with Gasteiger partial charge in [0.2, 0.25) is 0 Å². The summed E-state index contributed by atoms with van der Waals surface area (Å²) < 4.78 is 5.41. The van der Waals surface area contributed by atoms with Gasteiger partial charge in [-0.3, -0.25) is 0 Å². The Morgan fingerprint density at radius 3 is 2.59 bits per heavy atom. The number of hydrogen-bond donors (Lipinski definition) is 0. The van der Waals surface area contributed by atoms with Crippen LogP contribution in [0.5, 0.6) is 5.75 Å². The van der Waals surface area contributed by atoms with Crippen molar-refractivity contribution in [2.24, 2.45) is 0 Å². The molecule has 1 aromatic heterocycles. The van der Waals surface area contributed by atoms with Gasteiger partial charge in [-0.05, 0) is 30.5 Å². The van der Waals surface area contributed by atoms with E-state index in [4.69, 9.17) is 4.74 Å². The second-order valence-electron chi connectivity index (χ2n) is 4.37. The van der Waals surface area contributed by atoms with Crippen molar-refractivity contribution >= 4 is 11.3 Å². The van der Waals surface area contributed by atoms with E-state index in [-0.39, 0.29) is 0 Å². The molecule has 0 amide bonds. The first kappa shape index (κ1) is 12.1. The molecule has 2 aromatic rings. The molecule has 0 radical (unpaired) electrons. The lowest BCUT2D eigenvalue weighted by Crippen LogP contribution is -1.93. The Balaban J connectivity index is 2.53. The van der Waals surface area contributed by atoms with Crippen LogP contribution >= 0.6 is 11.3 Å². The van der Waals surface area contributed by atoms with Gasteiger partial charge in [0, 0.05) is 10.9 Å². The van der Waals surface area contributed by atoms with Crippen LogP contribution in [0.3, 0.4) is 0 Å². The molecule has 0 saturated heterocycles. The molecular weight excluding hydrogens is 230 g/mol. The number of aromatic nitrogens is 1. The molecule has 0 saturated carbocycles. The third-order valence-electron chi connectivity index (χ3n) is 2.79. The molecule has 0 aliphatic heterocycles. The van der Waals surface area contributed by atoms with Crippen LogP contribution in [0.25, 0.3) is 11.3 Å². The summed E-state index contributed by atoms with van der Waals surface area (Å²) in [6, 6.07) is 6.32. The average Bonchev–Trinajstić information content (AvgIpc) is 2.74. The highest BCUT2D eigenvalue weighted by Crippen LogP contribution is 2.33. The molecule has 0 aliphatic rings. The first-order chi connectivity index (χ1) is 8.11. The van der Waals surface area contributed by atoms with Crippen molar-refractivity contribution in [2.45, 2.75) is 26.7 Å². The van der Waals surface area contributed by atoms with Gasteiger partial charge in [-0.2, -0.15) is 0 Å². The van der Waals surface area contributed by atoms with Gasteiger partial charge in [-0.25, -0.2) is 4.98 Å². The highest BCUT2D eigenvalue weighted by Gasteiger charge is 2.11. The van der Waals surface area contributed by atoms with E-state index >= 15 is 0 Å². The van der Waals surface area contributed by atoms with E-state index in [1.807, 2.05) is 13.0 Å². The van der Waals surface area contributed by atoms with Crippen LogP contribution in [-0.2, 0) is 0 Å². The lowest BCUT2D eigenvalue weighted by atomic mass is 9.99. The number of nitrogens with zero attached hydrogens (tertiary/aromatic N) is 1. The number of benzene rings is 1. The van der Waals surface area contributed by atoms with Gasteiger partial charge < -0.3 is 4.74 Å². The van der Waals surface area contributed by atoms with Gasteiger partial charge in [-0.15, -0.1) is 11.3 Å². The first-order valence-corrected chi connectivity index (χ1v) is 6.60. The Hall–Kier alpha value is -1.35. The Kier molecular flexibility index (Phi) is 3.48. The zero-order chi connectivity index (χ0) is 12.4. The minimum atomic E-state index is 0.513. The van der Waals surface area contributed by atoms with Gasteiger partial charge >= 0.3 is 0 Å². The maximum absolute atomic E-state index is 5.41. The van der Waals surface area contributed by atoms with Gasteiger partial charge in [-0.1, -0.05) is 19.9 Å². The Bertz CT molecular complexity index is 517. The number of hydrogen-bond acceptors (Lipinski definition) is 3. The fourth-order valence-corrected chi connectivity index (χ4v) is 2.38. The minimum Gasteiger partial charge on any atom is -0.496 e. The lowest BCUT2D eigenvalue weighted by Gasteiger charge is -2.11. The van der Waals surface area contributed by atoms with Crippen LogP contribution in [-0.4, -0.2) is 12.1 Å². The van der Waals surface area contributed by atoms with E-state index in [0.717, 1.165) is 22.0 Å². The Morgan fingerprint density at radius 2 is 2.06 bits per heavy atom. The van der Waals surface area contributed by atoms with E-state index in [9.17, 15) is 0 Å². The summed E-state index contributed by atoms with van der Waals surface area (Å²) in [5.74, 6) is 1.40. The van der Waals surface area contributed by atoms with Gasteiger partial charge in [0.15, 0.2) is 0 Å². The third-order valence-corrected chi connectivity index (χ3v) is 3.56. The predicted molar refractivity (Wildman–Crippen MR) is 72.9 cm³/mol. The van der Waals surface area contributed by atoms with Crippen LogP contribution in [0.15, 0.2) is 23.6 Å². The molecule has 0 N–H and O–H groups in total. The van der Waals surface area contributed by atoms with Crippen LogP contribution < -0.4 is 4.74 Å². The van der Waals surface area contributed by atoms with Crippen molar-refractivity contribution in [3.63, 3.8) is 0 Å². The molecule has 1 aromatic carbocycles. The monoisotopic (exact) mass is 247 g/mol. The largest absolute Gasteiger partial charge is 0.496 e. The molecule has 2 nitrogen and oxygen atoms in total. The average molecular weight is 247 g/mol. The highest BCUT2D eigenvalue weighted by molar-refractivity contribution is 7.09. The summed E-state index contributed by atoms with van der Waals surface area (Å²) in [6.45, 7) is 6.41. The molecule has 17 heavy (non-hydrogen) atoms. The zero-order valence-electron chi connectivity index (χ0n) is 10.7. The van der Waals surface area contributed by atoms with Crippen LogP contribution in [0.1, 0.15) is 30.3 Å². The van der Waals surface area contributed by atoms with E-state index < -0.39 is 0 Å². The van der Waals surface area contributed by atoms with Gasteiger partial charge in [0.05, 0.1) is 17.8 Å². The van der Waals surface area contributed by atoms with Crippen molar-refractivity contribution in [3.05, 3.63) is 34.2 Å². The fraction of sp³-hybridized carbons (Fsp3) is 0.357. The van der Waals surface area contributed by atoms with Gasteiger partial charge in [0.25, 0.3) is 0 Å². The summed E-state index contributed by atoms with van der Waals surface area (Å²) in [6.07, 6.45) is 0. The summed E-state index contributed by atoms with van der Waals surface area (Å²) in [5.41, 5.74) is 3.40. The van der Waals surface area contributed by atoms with Crippen molar-refractivity contribution in [2.75, 3.05) is 7.11 Å². The van der Waals surface area contributed by atoms with E-state index in [1.54, 1.807) is 18.4 Å². The maximum Gasteiger partial charge on any atom is 0.128 e. The summed E-state index contributed by atoms with van der Waals surface area (Å²) in [7, 11) is 1.70. The minimum absolute atomic E-state index is 0.513. The first-order valence-electron chi connectivity index (χ1n) is 5.72. The van der Waals surface area contributed by atoms with Crippen molar-refractivity contribution in [3.8, 4) is 17.0 Å². The molecule has 3 heteroatoms. The fourth-order valence-electron chi connectivity index (χ4n) is 1.77. The zero-order valence-corrected chi connectivity index (χ0v) is 11.5. The quantitative estimate of drug-likeness (QED) is 0.809. The SMILES string of the molecule is COc1ccc(C(C)C)cc1-c1csc(C)n1. The second kappa shape index (κ2) is 4.88. The van der Waals surface area contributed by atoms with E-state index in [0.29, 0.717) is 5.92 Å². The molecule has 1 heterocycles. The molecule has 0 spiro atoms. The molecule has 0 bridgehead atoms. The number of ether oxygens (including phenoxy) is 1. The smallest absolute Gasteiger partial charge is 0.128 e. The molecule has 2 rings (SSSR count). The third kappa shape index (κ3) is 2.50. The molecule has 90 valence electrons. The summed E-state index contributed by atoms with van der Waals surface area (Å²) in [4.78, 5) is 4.53. The summed E-state index contributed by atoms with van der Waals surface area (Å²) >= 11 is 1.67. The second-order valence-corrected chi connectivity index (χ2v) is 5.43. The summed E-state index contributed by atoms with van der Waals surface area (Å²) in [5, 5.41) is 3.16. The highest BCUT2D eigenvalue weighted by atomic mass is 32.1. The number of rotatable bonds is 3. The van der Waals surface area contributed by atoms with Crippen molar-refractivity contribution < 1.29 is 4.74 Å². The van der Waals surface area contributed by atoms with Crippen molar-refractivity contribution in [1.29, 1.82) is 0 Å². The normalized spacial score (nSPS) is 10.9. The van der Waals surface area contributed by atoms with Crippen molar-refractivity contribution in [1.82, 2.24) is 4.98 Å². The van der Waals surface area contributed by atoms with Crippen LogP contribution in [0.4, 0.5) is 0 Å². The molecular formula is C14H17NOS. The Morgan fingerprint density at radius 1 is 1.29 bits per heavy atom. The molecule has 0 atom stereocenters. The molecule has 0 unspecified atom stereocenters. The van der Waals surface area contributed by atoms with E-state index in [2.05, 4.69) is 36.3 Å². The van der Waals surface area contributed by atoms with Crippen LogP contribution in [0, 0.1) is 6.92 Å². The topological polar surface area (TPSA) is 22.1 Å². The number of thiazole rings is 1. The standard InChI is InChI=1S/C14H17NOS/c1-9(2)11-5-6-14(16-4)12(7-11)13-8-17-10(3)15-13/h5-9H,1-4H3.